The molecule has 1 aliphatic rings. The average Bonchev–Trinajstić information content (AvgIpc) is 2.45. The van der Waals surface area contributed by atoms with E-state index in [9.17, 15) is 4.79 Å². The van der Waals surface area contributed by atoms with Crippen LogP contribution in [0.4, 0.5) is 5.69 Å². The second-order valence-corrected chi connectivity index (χ2v) is 5.83. The Hall–Kier alpha value is -1.51. The van der Waals surface area contributed by atoms with E-state index < -0.39 is 0 Å². The van der Waals surface area contributed by atoms with E-state index in [2.05, 4.69) is 12.2 Å². The maximum Gasteiger partial charge on any atom is 0.338 e. The molecule has 1 N–H and O–H groups in total. The summed E-state index contributed by atoms with van der Waals surface area (Å²) in [6.07, 6.45) is 5.98. The molecular formula is C17H25NO2. The molecule has 0 aromatic heterocycles. The number of benzene rings is 1. The van der Waals surface area contributed by atoms with Crippen LogP contribution in [0, 0.1) is 5.92 Å². The minimum atomic E-state index is -0.232. The molecule has 3 nitrogen and oxygen atoms in total. The Morgan fingerprint density at radius 1 is 1.30 bits per heavy atom. The van der Waals surface area contributed by atoms with E-state index in [1.165, 1.54) is 25.7 Å². The number of hydrogen-bond acceptors (Lipinski definition) is 3. The lowest BCUT2D eigenvalue weighted by molar-refractivity contribution is 0.0505. The van der Waals surface area contributed by atoms with Gasteiger partial charge in [-0.05, 0) is 49.4 Å². The Kier molecular flexibility index (Phi) is 5.45. The smallest absolute Gasteiger partial charge is 0.338 e. The highest BCUT2D eigenvalue weighted by molar-refractivity contribution is 5.89. The predicted molar refractivity (Wildman–Crippen MR) is 82.1 cm³/mol. The largest absolute Gasteiger partial charge is 0.462 e. The standard InChI is InChI=1S/C17H25NO2/c1-3-11-20-17(19)14-7-9-15(10-8-14)18-16-6-4-5-13(2)12-16/h7-10,13,16,18H,3-6,11-12H2,1-2H3. The highest BCUT2D eigenvalue weighted by Crippen LogP contribution is 2.26. The first-order valence-electron chi connectivity index (χ1n) is 7.72. The molecule has 0 aliphatic heterocycles. The number of rotatable bonds is 5. The summed E-state index contributed by atoms with van der Waals surface area (Å²) in [5.41, 5.74) is 1.72. The van der Waals surface area contributed by atoms with Crippen molar-refractivity contribution in [3.8, 4) is 0 Å². The van der Waals surface area contributed by atoms with Crippen molar-refractivity contribution in [2.24, 2.45) is 5.92 Å². The first-order chi connectivity index (χ1) is 9.69. The molecule has 110 valence electrons. The molecule has 2 unspecified atom stereocenters. The lowest BCUT2D eigenvalue weighted by Gasteiger charge is -2.28. The molecule has 20 heavy (non-hydrogen) atoms. The topological polar surface area (TPSA) is 38.3 Å². The van der Waals surface area contributed by atoms with Gasteiger partial charge >= 0.3 is 5.97 Å². The van der Waals surface area contributed by atoms with Gasteiger partial charge in [-0.15, -0.1) is 0 Å². The fraction of sp³-hybridized carbons (Fsp3) is 0.588. The van der Waals surface area contributed by atoms with Gasteiger partial charge in [0.15, 0.2) is 0 Å². The molecule has 0 amide bonds. The van der Waals surface area contributed by atoms with Gasteiger partial charge in [-0.3, -0.25) is 0 Å². The molecule has 0 radical (unpaired) electrons. The molecule has 0 bridgehead atoms. The van der Waals surface area contributed by atoms with Crippen LogP contribution in [-0.2, 0) is 4.74 Å². The van der Waals surface area contributed by atoms with Crippen molar-refractivity contribution >= 4 is 11.7 Å². The fourth-order valence-electron chi connectivity index (χ4n) is 2.78. The van der Waals surface area contributed by atoms with Gasteiger partial charge in [-0.2, -0.15) is 0 Å². The maximum absolute atomic E-state index is 11.7. The van der Waals surface area contributed by atoms with Crippen LogP contribution in [0.15, 0.2) is 24.3 Å². The van der Waals surface area contributed by atoms with E-state index in [0.29, 0.717) is 18.2 Å². The van der Waals surface area contributed by atoms with E-state index in [0.717, 1.165) is 18.0 Å². The molecule has 2 atom stereocenters. The minimum Gasteiger partial charge on any atom is -0.462 e. The van der Waals surface area contributed by atoms with Crippen molar-refractivity contribution in [1.82, 2.24) is 0 Å². The average molecular weight is 275 g/mol. The number of carbonyl (C=O) groups excluding carboxylic acids is 1. The molecular weight excluding hydrogens is 250 g/mol. The molecule has 3 heteroatoms. The van der Waals surface area contributed by atoms with Gasteiger partial charge in [0.25, 0.3) is 0 Å². The Balaban J connectivity index is 1.89. The Bertz CT molecular complexity index is 427. The molecule has 0 saturated heterocycles. The fourth-order valence-corrected chi connectivity index (χ4v) is 2.78. The van der Waals surface area contributed by atoms with Gasteiger partial charge in [0.1, 0.15) is 0 Å². The third-order valence-corrected chi connectivity index (χ3v) is 3.87. The van der Waals surface area contributed by atoms with E-state index in [1.54, 1.807) is 0 Å². The van der Waals surface area contributed by atoms with Crippen LogP contribution in [0.1, 0.15) is 56.3 Å². The van der Waals surface area contributed by atoms with Crippen molar-refractivity contribution < 1.29 is 9.53 Å². The lowest BCUT2D eigenvalue weighted by Crippen LogP contribution is -2.26. The van der Waals surface area contributed by atoms with Gasteiger partial charge in [-0.1, -0.05) is 26.7 Å². The third kappa shape index (κ3) is 4.26. The van der Waals surface area contributed by atoms with E-state index in [4.69, 9.17) is 4.74 Å². The van der Waals surface area contributed by atoms with Crippen LogP contribution in [-0.4, -0.2) is 18.6 Å². The normalized spacial score (nSPS) is 22.3. The lowest BCUT2D eigenvalue weighted by atomic mass is 9.87. The van der Waals surface area contributed by atoms with Crippen LogP contribution < -0.4 is 5.32 Å². The molecule has 0 spiro atoms. The van der Waals surface area contributed by atoms with Gasteiger partial charge in [0.05, 0.1) is 12.2 Å². The minimum absolute atomic E-state index is 0.232. The van der Waals surface area contributed by atoms with Gasteiger partial charge < -0.3 is 10.1 Å². The number of anilines is 1. The monoisotopic (exact) mass is 275 g/mol. The number of esters is 1. The van der Waals surface area contributed by atoms with Crippen molar-refractivity contribution in [3.05, 3.63) is 29.8 Å². The number of carbonyl (C=O) groups is 1. The van der Waals surface area contributed by atoms with Crippen molar-refractivity contribution in [1.29, 1.82) is 0 Å². The second-order valence-electron chi connectivity index (χ2n) is 5.83. The summed E-state index contributed by atoms with van der Waals surface area (Å²) in [5, 5.41) is 3.57. The predicted octanol–water partition coefficient (Wildman–Crippen LogP) is 4.24. The molecule has 1 saturated carbocycles. The zero-order valence-electron chi connectivity index (χ0n) is 12.5. The highest BCUT2D eigenvalue weighted by Gasteiger charge is 2.18. The zero-order valence-corrected chi connectivity index (χ0v) is 12.5. The number of ether oxygens (including phenoxy) is 1. The third-order valence-electron chi connectivity index (χ3n) is 3.87. The molecule has 1 aliphatic carbocycles. The summed E-state index contributed by atoms with van der Waals surface area (Å²) in [4.78, 5) is 11.7. The van der Waals surface area contributed by atoms with Crippen molar-refractivity contribution in [2.45, 2.75) is 52.0 Å². The van der Waals surface area contributed by atoms with Crippen LogP contribution in [0.2, 0.25) is 0 Å². The summed E-state index contributed by atoms with van der Waals surface area (Å²) in [7, 11) is 0. The first kappa shape index (κ1) is 14.9. The highest BCUT2D eigenvalue weighted by atomic mass is 16.5. The summed E-state index contributed by atoms with van der Waals surface area (Å²) < 4.78 is 5.12. The zero-order chi connectivity index (χ0) is 14.4. The molecule has 2 rings (SSSR count). The molecule has 1 aromatic rings. The van der Waals surface area contributed by atoms with Crippen LogP contribution in [0.25, 0.3) is 0 Å². The van der Waals surface area contributed by atoms with Crippen LogP contribution in [0.5, 0.6) is 0 Å². The van der Waals surface area contributed by atoms with E-state index in [-0.39, 0.29) is 5.97 Å². The van der Waals surface area contributed by atoms with Crippen LogP contribution in [0.3, 0.4) is 0 Å². The van der Waals surface area contributed by atoms with Gasteiger partial charge in [0, 0.05) is 11.7 Å². The number of hydrogen-bond donors (Lipinski definition) is 1. The Morgan fingerprint density at radius 2 is 2.05 bits per heavy atom. The molecule has 0 heterocycles. The maximum atomic E-state index is 11.7. The summed E-state index contributed by atoms with van der Waals surface area (Å²) in [5.74, 6) is 0.578. The summed E-state index contributed by atoms with van der Waals surface area (Å²) in [6, 6.07) is 8.19. The van der Waals surface area contributed by atoms with Gasteiger partial charge in [-0.25, -0.2) is 4.79 Å². The molecule has 1 aromatic carbocycles. The second kappa shape index (κ2) is 7.32. The Morgan fingerprint density at radius 3 is 2.70 bits per heavy atom. The van der Waals surface area contributed by atoms with E-state index in [1.807, 2.05) is 31.2 Å². The summed E-state index contributed by atoms with van der Waals surface area (Å²) in [6.45, 7) is 4.80. The summed E-state index contributed by atoms with van der Waals surface area (Å²) >= 11 is 0. The number of nitrogens with one attached hydrogen (secondary N) is 1. The first-order valence-corrected chi connectivity index (χ1v) is 7.72. The molecule has 1 fully saturated rings. The van der Waals surface area contributed by atoms with Crippen molar-refractivity contribution in [3.63, 3.8) is 0 Å². The van der Waals surface area contributed by atoms with E-state index >= 15 is 0 Å². The Labute approximate surface area is 121 Å². The SMILES string of the molecule is CCCOC(=O)c1ccc(NC2CCCC(C)C2)cc1. The van der Waals surface area contributed by atoms with Crippen LogP contribution >= 0.6 is 0 Å². The van der Waals surface area contributed by atoms with Gasteiger partial charge in [0.2, 0.25) is 0 Å². The van der Waals surface area contributed by atoms with Crippen molar-refractivity contribution in [2.75, 3.05) is 11.9 Å². The quantitative estimate of drug-likeness (QED) is 0.817.